The van der Waals surface area contributed by atoms with E-state index in [1.807, 2.05) is 6.92 Å². The molecule has 0 atom stereocenters. The van der Waals surface area contributed by atoms with Crippen LogP contribution < -0.4 is 10.9 Å². The Morgan fingerprint density at radius 1 is 1.33 bits per heavy atom. The van der Waals surface area contributed by atoms with Gasteiger partial charge in [-0.2, -0.15) is 0 Å². The Bertz CT molecular complexity index is 398. The maximum atomic E-state index is 11.6. The summed E-state index contributed by atoms with van der Waals surface area (Å²) in [5, 5.41) is 3.35. The van der Waals surface area contributed by atoms with E-state index in [1.54, 1.807) is 17.0 Å². The maximum absolute atomic E-state index is 11.6. The van der Waals surface area contributed by atoms with Gasteiger partial charge in [-0.3, -0.25) is 9.36 Å². The summed E-state index contributed by atoms with van der Waals surface area (Å²) in [6, 6.07) is 1.57. The lowest BCUT2D eigenvalue weighted by molar-refractivity contribution is 0.301. The third kappa shape index (κ3) is 4.98. The van der Waals surface area contributed by atoms with Gasteiger partial charge in [0.2, 0.25) is 0 Å². The topological polar surface area (TPSA) is 50.2 Å². The first-order chi connectivity index (χ1) is 8.67. The summed E-state index contributed by atoms with van der Waals surface area (Å²) in [4.78, 5) is 18.1. The van der Waals surface area contributed by atoms with E-state index in [4.69, 9.17) is 0 Å². The van der Waals surface area contributed by atoms with Crippen LogP contribution in [-0.2, 0) is 6.54 Å². The zero-order chi connectivity index (χ0) is 13.4. The summed E-state index contributed by atoms with van der Waals surface area (Å²) in [7, 11) is 0. The Balaban J connectivity index is 2.24. The second kappa shape index (κ2) is 8.00. The maximum Gasteiger partial charge on any atom is 0.253 e. The largest absolute Gasteiger partial charge is 0.314 e. The number of aromatic nitrogens is 2. The zero-order valence-electron chi connectivity index (χ0n) is 11.6. The van der Waals surface area contributed by atoms with E-state index in [-0.39, 0.29) is 5.56 Å². The lowest BCUT2D eigenvalue weighted by Gasteiger charge is -2.18. The van der Waals surface area contributed by atoms with Gasteiger partial charge in [-0.05, 0) is 20.0 Å². The highest BCUT2D eigenvalue weighted by atomic mass is 16.1. The SMILES string of the molecule is CCN(CC)CCNCCn1cnc(C)cc1=O. The van der Waals surface area contributed by atoms with Gasteiger partial charge >= 0.3 is 0 Å². The summed E-state index contributed by atoms with van der Waals surface area (Å²) in [6.45, 7) is 11.8. The van der Waals surface area contributed by atoms with Crippen LogP contribution >= 0.6 is 0 Å². The molecule has 0 bridgehead atoms. The predicted octanol–water partition coefficient (Wildman–Crippen LogP) is 0.483. The fraction of sp³-hybridized carbons (Fsp3) is 0.692. The Morgan fingerprint density at radius 3 is 2.67 bits per heavy atom. The summed E-state index contributed by atoms with van der Waals surface area (Å²) in [5.74, 6) is 0. The van der Waals surface area contributed by atoms with Crippen molar-refractivity contribution >= 4 is 0 Å². The molecule has 1 heterocycles. The van der Waals surface area contributed by atoms with Crippen LogP contribution in [0.1, 0.15) is 19.5 Å². The molecule has 0 spiro atoms. The molecule has 0 fully saturated rings. The van der Waals surface area contributed by atoms with Crippen LogP contribution in [0.25, 0.3) is 0 Å². The first kappa shape index (κ1) is 14.9. The minimum absolute atomic E-state index is 0.0213. The Labute approximate surface area is 109 Å². The molecule has 0 aliphatic rings. The molecular formula is C13H24N4O. The molecule has 18 heavy (non-hydrogen) atoms. The van der Waals surface area contributed by atoms with Gasteiger partial charge in [0, 0.05) is 37.9 Å². The number of rotatable bonds is 8. The Morgan fingerprint density at radius 2 is 2.06 bits per heavy atom. The minimum Gasteiger partial charge on any atom is -0.314 e. The molecule has 0 aliphatic carbocycles. The van der Waals surface area contributed by atoms with Crippen molar-refractivity contribution < 1.29 is 0 Å². The van der Waals surface area contributed by atoms with E-state index < -0.39 is 0 Å². The molecule has 0 amide bonds. The molecule has 1 rings (SSSR count). The van der Waals surface area contributed by atoms with Crippen LogP contribution in [0.4, 0.5) is 0 Å². The smallest absolute Gasteiger partial charge is 0.253 e. The molecule has 5 heteroatoms. The first-order valence-electron chi connectivity index (χ1n) is 6.63. The fourth-order valence-electron chi connectivity index (χ4n) is 1.79. The summed E-state index contributed by atoms with van der Waals surface area (Å²) < 4.78 is 1.64. The molecule has 0 radical (unpaired) electrons. The van der Waals surface area contributed by atoms with Gasteiger partial charge in [0.05, 0.1) is 6.33 Å². The van der Waals surface area contributed by atoms with Crippen LogP contribution in [0.3, 0.4) is 0 Å². The molecule has 0 saturated carbocycles. The number of hydrogen-bond acceptors (Lipinski definition) is 4. The standard InChI is InChI=1S/C13H24N4O/c1-4-16(5-2)8-6-14-7-9-17-11-15-12(3)10-13(17)18/h10-11,14H,4-9H2,1-3H3. The predicted molar refractivity (Wildman–Crippen MR) is 73.9 cm³/mol. The molecular weight excluding hydrogens is 228 g/mol. The quantitative estimate of drug-likeness (QED) is 0.684. The highest BCUT2D eigenvalue weighted by Crippen LogP contribution is 1.86. The van der Waals surface area contributed by atoms with E-state index in [0.717, 1.165) is 38.4 Å². The zero-order valence-corrected chi connectivity index (χ0v) is 11.6. The number of nitrogens with one attached hydrogen (secondary N) is 1. The van der Waals surface area contributed by atoms with E-state index in [0.29, 0.717) is 6.54 Å². The molecule has 1 aromatic rings. The average molecular weight is 252 g/mol. The van der Waals surface area contributed by atoms with Crippen molar-refractivity contribution in [3.05, 3.63) is 28.4 Å². The number of likely N-dealkylation sites (N-methyl/N-ethyl adjacent to an activating group) is 1. The van der Waals surface area contributed by atoms with E-state index in [2.05, 4.69) is 29.0 Å². The van der Waals surface area contributed by atoms with Crippen molar-refractivity contribution in [2.45, 2.75) is 27.3 Å². The Kier molecular flexibility index (Phi) is 6.60. The van der Waals surface area contributed by atoms with Gasteiger partial charge in [-0.15, -0.1) is 0 Å². The van der Waals surface area contributed by atoms with Crippen LogP contribution in [-0.4, -0.2) is 47.2 Å². The lowest BCUT2D eigenvalue weighted by atomic mass is 10.4. The number of hydrogen-bond donors (Lipinski definition) is 1. The molecule has 102 valence electrons. The molecule has 5 nitrogen and oxygen atoms in total. The van der Waals surface area contributed by atoms with Crippen molar-refractivity contribution in [3.8, 4) is 0 Å². The molecule has 0 saturated heterocycles. The third-order valence-corrected chi connectivity index (χ3v) is 3.04. The molecule has 0 aliphatic heterocycles. The normalized spacial score (nSPS) is 11.1. The highest BCUT2D eigenvalue weighted by molar-refractivity contribution is 4.95. The van der Waals surface area contributed by atoms with Crippen LogP contribution in [0.2, 0.25) is 0 Å². The summed E-state index contributed by atoms with van der Waals surface area (Å²) in [6.07, 6.45) is 1.61. The van der Waals surface area contributed by atoms with Gasteiger partial charge in [-0.25, -0.2) is 4.98 Å². The molecule has 0 unspecified atom stereocenters. The van der Waals surface area contributed by atoms with Crippen molar-refractivity contribution in [2.75, 3.05) is 32.7 Å². The third-order valence-electron chi connectivity index (χ3n) is 3.04. The van der Waals surface area contributed by atoms with Crippen molar-refractivity contribution in [3.63, 3.8) is 0 Å². The fourth-order valence-corrected chi connectivity index (χ4v) is 1.79. The van der Waals surface area contributed by atoms with Crippen molar-refractivity contribution in [1.29, 1.82) is 0 Å². The average Bonchev–Trinajstić information content (AvgIpc) is 2.36. The second-order valence-corrected chi connectivity index (χ2v) is 4.34. The number of nitrogens with zero attached hydrogens (tertiary/aromatic N) is 3. The van der Waals surface area contributed by atoms with E-state index in [1.165, 1.54) is 0 Å². The second-order valence-electron chi connectivity index (χ2n) is 4.34. The summed E-state index contributed by atoms with van der Waals surface area (Å²) >= 11 is 0. The molecule has 0 aromatic carbocycles. The van der Waals surface area contributed by atoms with Crippen molar-refractivity contribution in [1.82, 2.24) is 19.8 Å². The van der Waals surface area contributed by atoms with E-state index >= 15 is 0 Å². The van der Waals surface area contributed by atoms with Gasteiger partial charge in [-0.1, -0.05) is 13.8 Å². The first-order valence-corrected chi connectivity index (χ1v) is 6.63. The number of aryl methyl sites for hydroxylation is 1. The molecule has 1 aromatic heterocycles. The highest BCUT2D eigenvalue weighted by Gasteiger charge is 1.99. The lowest BCUT2D eigenvalue weighted by Crippen LogP contribution is -2.34. The van der Waals surface area contributed by atoms with Gasteiger partial charge in [0.15, 0.2) is 0 Å². The summed E-state index contributed by atoms with van der Waals surface area (Å²) in [5.41, 5.74) is 0.791. The van der Waals surface area contributed by atoms with Crippen molar-refractivity contribution in [2.24, 2.45) is 0 Å². The van der Waals surface area contributed by atoms with Crippen LogP contribution in [0.5, 0.6) is 0 Å². The van der Waals surface area contributed by atoms with Gasteiger partial charge in [0.1, 0.15) is 0 Å². The Hall–Kier alpha value is -1.20. The van der Waals surface area contributed by atoms with Gasteiger partial charge < -0.3 is 10.2 Å². The minimum atomic E-state index is 0.0213. The van der Waals surface area contributed by atoms with Crippen LogP contribution in [0, 0.1) is 6.92 Å². The molecule has 1 N–H and O–H groups in total. The van der Waals surface area contributed by atoms with Crippen LogP contribution in [0.15, 0.2) is 17.2 Å². The van der Waals surface area contributed by atoms with Gasteiger partial charge in [0.25, 0.3) is 5.56 Å². The monoisotopic (exact) mass is 252 g/mol. The van der Waals surface area contributed by atoms with E-state index in [9.17, 15) is 4.79 Å².